The molecule has 5 heterocycles. The lowest BCUT2D eigenvalue weighted by Crippen LogP contribution is -2.36. The Morgan fingerprint density at radius 3 is 2.79 bits per heavy atom. The molecule has 7 rings (SSSR count). The molecule has 1 fully saturated rings. The standard InChI is InChI=1S/C29H25Cl2F2N7OS/c30-21-10-19(16-3-1-15(2-4-16)18-5-6-34-11-22(18)33)24(31)25-20(21)13-40(38-25)27(28(41)37-29-35-7-8-42-29)26-23-9-17(32)12-39(23)14-36-26/h1-4,7-8,10,13-14,17-18,22,27,34H,5-6,9,11-12H2,(H,35,37,41)/t17-,18?,22?,27?/m1/s1. The number of fused-ring (bicyclic) bond motifs is 2. The quantitative estimate of drug-likeness (QED) is 0.234. The molecule has 2 aliphatic rings. The van der Waals surface area contributed by atoms with Gasteiger partial charge in [0, 0.05) is 53.3 Å². The van der Waals surface area contributed by atoms with E-state index in [0.717, 1.165) is 24.1 Å². The van der Waals surface area contributed by atoms with Crippen molar-refractivity contribution in [2.45, 2.75) is 43.7 Å². The number of aromatic nitrogens is 5. The lowest BCUT2D eigenvalue weighted by atomic mass is 9.88. The van der Waals surface area contributed by atoms with Crippen molar-refractivity contribution in [1.29, 1.82) is 0 Å². The third kappa shape index (κ3) is 4.88. The Hall–Kier alpha value is -3.38. The summed E-state index contributed by atoms with van der Waals surface area (Å²) in [5.41, 5.74) is 3.88. The summed E-state index contributed by atoms with van der Waals surface area (Å²) in [5, 5.41) is 14.2. The molecule has 2 aromatic carbocycles. The minimum absolute atomic E-state index is 0.151. The molecule has 3 unspecified atom stereocenters. The van der Waals surface area contributed by atoms with E-state index in [2.05, 4.69) is 20.6 Å². The Morgan fingerprint density at radius 1 is 1.19 bits per heavy atom. The molecule has 1 saturated heterocycles. The number of amides is 1. The maximum absolute atomic E-state index is 14.5. The number of carbonyl (C=O) groups is 1. The number of nitrogens with zero attached hydrogens (tertiary/aromatic N) is 5. The highest BCUT2D eigenvalue weighted by Gasteiger charge is 2.35. The lowest BCUT2D eigenvalue weighted by Gasteiger charge is -2.27. The highest BCUT2D eigenvalue weighted by Crippen LogP contribution is 2.40. The van der Waals surface area contributed by atoms with Crippen molar-refractivity contribution in [3.63, 3.8) is 0 Å². The van der Waals surface area contributed by atoms with Gasteiger partial charge in [-0.25, -0.2) is 18.7 Å². The van der Waals surface area contributed by atoms with Gasteiger partial charge in [0.05, 0.1) is 28.6 Å². The zero-order chi connectivity index (χ0) is 29.0. The predicted molar refractivity (Wildman–Crippen MR) is 160 cm³/mol. The third-order valence-corrected chi connectivity index (χ3v) is 9.37. The van der Waals surface area contributed by atoms with Gasteiger partial charge in [-0.3, -0.25) is 14.8 Å². The van der Waals surface area contributed by atoms with Crippen LogP contribution in [0.1, 0.15) is 35.3 Å². The highest BCUT2D eigenvalue weighted by molar-refractivity contribution is 7.13. The van der Waals surface area contributed by atoms with Crippen LogP contribution in [0.4, 0.5) is 13.9 Å². The first-order valence-corrected chi connectivity index (χ1v) is 15.2. The van der Waals surface area contributed by atoms with Crippen molar-refractivity contribution in [2.24, 2.45) is 0 Å². The first-order chi connectivity index (χ1) is 20.4. The molecule has 2 aliphatic heterocycles. The van der Waals surface area contributed by atoms with E-state index in [1.165, 1.54) is 16.0 Å². The zero-order valence-electron chi connectivity index (χ0n) is 22.1. The molecule has 0 bridgehead atoms. The molecule has 0 spiro atoms. The normalized spacial score (nSPS) is 21.0. The third-order valence-electron chi connectivity index (χ3n) is 7.99. The molecule has 1 amide bonds. The van der Waals surface area contributed by atoms with Gasteiger partial charge in [-0.15, -0.1) is 11.3 Å². The summed E-state index contributed by atoms with van der Waals surface area (Å²) >= 11 is 15.0. The number of piperidine rings is 1. The van der Waals surface area contributed by atoms with Crippen LogP contribution in [0.5, 0.6) is 0 Å². The van der Waals surface area contributed by atoms with Crippen LogP contribution < -0.4 is 10.6 Å². The van der Waals surface area contributed by atoms with Crippen LogP contribution in [0.2, 0.25) is 10.0 Å². The largest absolute Gasteiger partial charge is 0.331 e. The summed E-state index contributed by atoms with van der Waals surface area (Å²) in [5.74, 6) is -0.573. The van der Waals surface area contributed by atoms with E-state index in [-0.39, 0.29) is 18.9 Å². The van der Waals surface area contributed by atoms with Crippen LogP contribution >= 0.6 is 34.5 Å². The Bertz CT molecular complexity index is 1770. The van der Waals surface area contributed by atoms with Crippen LogP contribution in [-0.2, 0) is 17.8 Å². The van der Waals surface area contributed by atoms with Gasteiger partial charge in [0.2, 0.25) is 0 Å². The molecule has 5 aromatic rings. The van der Waals surface area contributed by atoms with Gasteiger partial charge in [-0.1, -0.05) is 47.5 Å². The van der Waals surface area contributed by atoms with E-state index in [9.17, 15) is 13.6 Å². The van der Waals surface area contributed by atoms with Crippen LogP contribution in [0.3, 0.4) is 0 Å². The molecule has 0 aliphatic carbocycles. The fraction of sp³-hybridized carbons (Fsp3) is 0.310. The van der Waals surface area contributed by atoms with E-state index >= 15 is 0 Å². The second-order valence-corrected chi connectivity index (χ2v) is 12.3. The fourth-order valence-corrected chi connectivity index (χ4v) is 7.00. The molecular weight excluding hydrogens is 603 g/mol. The van der Waals surface area contributed by atoms with E-state index in [4.69, 9.17) is 28.3 Å². The minimum atomic E-state index is -1.05. The van der Waals surface area contributed by atoms with Crippen LogP contribution in [0.15, 0.2) is 54.4 Å². The highest BCUT2D eigenvalue weighted by atomic mass is 35.5. The van der Waals surface area contributed by atoms with E-state index < -0.39 is 24.3 Å². The van der Waals surface area contributed by atoms with Gasteiger partial charge in [-0.05, 0) is 30.2 Å². The predicted octanol–water partition coefficient (Wildman–Crippen LogP) is 6.20. The molecule has 2 N–H and O–H groups in total. The smallest absolute Gasteiger partial charge is 0.257 e. The molecular formula is C29H25Cl2F2N7OS. The molecule has 4 atom stereocenters. The van der Waals surface area contributed by atoms with Gasteiger partial charge in [0.1, 0.15) is 17.9 Å². The second kappa shape index (κ2) is 11.0. The number of carbonyl (C=O) groups excluding carboxylic acids is 1. The number of rotatable bonds is 6. The van der Waals surface area contributed by atoms with Crippen molar-refractivity contribution in [1.82, 2.24) is 29.6 Å². The average Bonchev–Trinajstić information content (AvgIpc) is 3.78. The van der Waals surface area contributed by atoms with Gasteiger partial charge in [-0.2, -0.15) is 5.10 Å². The lowest BCUT2D eigenvalue weighted by molar-refractivity contribution is -0.118. The number of hydrogen-bond donors (Lipinski definition) is 2. The number of hydrogen-bond acceptors (Lipinski definition) is 6. The number of imidazole rings is 1. The van der Waals surface area contributed by atoms with Gasteiger partial charge in [0.25, 0.3) is 5.91 Å². The molecule has 0 radical (unpaired) electrons. The van der Waals surface area contributed by atoms with Crippen molar-refractivity contribution in [3.8, 4) is 11.1 Å². The Morgan fingerprint density at radius 2 is 2.02 bits per heavy atom. The van der Waals surface area contributed by atoms with Crippen LogP contribution in [0, 0.1) is 0 Å². The van der Waals surface area contributed by atoms with Crippen LogP contribution in [0.25, 0.3) is 22.0 Å². The zero-order valence-corrected chi connectivity index (χ0v) is 24.4. The van der Waals surface area contributed by atoms with Crippen LogP contribution in [-0.4, -0.2) is 55.7 Å². The monoisotopic (exact) mass is 627 g/mol. The first-order valence-electron chi connectivity index (χ1n) is 13.6. The number of halogens is 4. The Balaban J connectivity index is 1.28. The van der Waals surface area contributed by atoms with Gasteiger partial charge < -0.3 is 9.88 Å². The summed E-state index contributed by atoms with van der Waals surface area (Å²) in [6.45, 7) is 1.33. The van der Waals surface area contributed by atoms with E-state index in [1.54, 1.807) is 34.7 Å². The number of nitrogens with one attached hydrogen (secondary N) is 2. The van der Waals surface area contributed by atoms with Crippen molar-refractivity contribution in [3.05, 3.63) is 81.4 Å². The van der Waals surface area contributed by atoms with Gasteiger partial charge >= 0.3 is 0 Å². The first kappa shape index (κ1) is 27.5. The summed E-state index contributed by atoms with van der Waals surface area (Å²) in [4.78, 5) is 22.3. The molecule has 8 nitrogen and oxygen atoms in total. The molecule has 3 aromatic heterocycles. The van der Waals surface area contributed by atoms with E-state index in [0.29, 0.717) is 49.6 Å². The summed E-state index contributed by atoms with van der Waals surface area (Å²) in [7, 11) is 0. The summed E-state index contributed by atoms with van der Waals surface area (Å²) in [6.07, 6.45) is 3.71. The topological polar surface area (TPSA) is 89.7 Å². The van der Waals surface area contributed by atoms with E-state index in [1.807, 2.05) is 24.3 Å². The minimum Gasteiger partial charge on any atom is -0.331 e. The fourth-order valence-electron chi connectivity index (χ4n) is 5.92. The second-order valence-electron chi connectivity index (χ2n) is 10.6. The summed E-state index contributed by atoms with van der Waals surface area (Å²) < 4.78 is 32.0. The Labute approximate surface area is 253 Å². The SMILES string of the molecule is O=C(Nc1nccs1)C(c1ncn2c1C[C@@H](F)C2)n1cc2c(Cl)cc(-c3ccc(C4CCNCC4F)cc3)c(Cl)c2n1. The number of anilines is 1. The maximum Gasteiger partial charge on any atom is 0.257 e. The summed E-state index contributed by atoms with van der Waals surface area (Å²) in [6, 6.07) is 8.44. The molecule has 42 heavy (non-hydrogen) atoms. The molecule has 216 valence electrons. The van der Waals surface area contributed by atoms with Crippen molar-refractivity contribution >= 4 is 56.5 Å². The number of thiazole rings is 1. The maximum atomic E-state index is 14.5. The average molecular weight is 629 g/mol. The van der Waals surface area contributed by atoms with Crippen molar-refractivity contribution < 1.29 is 13.6 Å². The number of alkyl halides is 2. The van der Waals surface area contributed by atoms with Crippen molar-refractivity contribution in [2.75, 3.05) is 18.4 Å². The number of benzene rings is 2. The molecule has 0 saturated carbocycles. The molecule has 13 heteroatoms. The Kier molecular flexibility index (Phi) is 7.21. The van der Waals surface area contributed by atoms with Gasteiger partial charge in [0.15, 0.2) is 11.2 Å².